The van der Waals surface area contributed by atoms with E-state index >= 15 is 0 Å². The summed E-state index contributed by atoms with van der Waals surface area (Å²) in [5, 5.41) is 0.703. The van der Waals surface area contributed by atoms with Gasteiger partial charge in [0.25, 0.3) is 0 Å². The van der Waals surface area contributed by atoms with Crippen molar-refractivity contribution in [1.82, 2.24) is 0 Å². The first-order valence-electron chi connectivity index (χ1n) is 6.56. The van der Waals surface area contributed by atoms with Gasteiger partial charge in [-0.1, -0.05) is 48.1 Å². The van der Waals surface area contributed by atoms with Crippen molar-refractivity contribution < 1.29 is 0 Å². The van der Waals surface area contributed by atoms with Crippen LogP contribution in [0.2, 0.25) is 5.02 Å². The van der Waals surface area contributed by atoms with Gasteiger partial charge >= 0.3 is 0 Å². The zero-order chi connectivity index (χ0) is 14.1. The SMILES string of the molecule is NC(=S)c1ccc(N2CCc3ccccc3C2)c(Cl)c1. The van der Waals surface area contributed by atoms with Crippen LogP contribution in [0.4, 0.5) is 5.69 Å². The molecule has 0 saturated heterocycles. The van der Waals surface area contributed by atoms with Gasteiger partial charge in [-0.3, -0.25) is 0 Å². The number of nitrogens with two attached hydrogens (primary N) is 1. The van der Waals surface area contributed by atoms with Crippen LogP contribution in [-0.4, -0.2) is 11.5 Å². The summed E-state index contributed by atoms with van der Waals surface area (Å²) in [6.45, 7) is 1.87. The molecule has 0 bridgehead atoms. The van der Waals surface area contributed by atoms with Gasteiger partial charge in [0.1, 0.15) is 4.99 Å². The molecule has 2 nitrogen and oxygen atoms in total. The first-order valence-corrected chi connectivity index (χ1v) is 7.35. The van der Waals surface area contributed by atoms with E-state index in [-0.39, 0.29) is 0 Å². The van der Waals surface area contributed by atoms with Gasteiger partial charge < -0.3 is 10.6 Å². The van der Waals surface area contributed by atoms with Crippen molar-refractivity contribution in [1.29, 1.82) is 0 Å². The zero-order valence-corrected chi connectivity index (χ0v) is 12.5. The minimum absolute atomic E-state index is 0.377. The first-order chi connectivity index (χ1) is 9.65. The van der Waals surface area contributed by atoms with Crippen molar-refractivity contribution in [2.45, 2.75) is 13.0 Å². The molecular weight excluding hydrogens is 288 g/mol. The van der Waals surface area contributed by atoms with E-state index < -0.39 is 0 Å². The second-order valence-electron chi connectivity index (χ2n) is 4.97. The molecule has 0 spiro atoms. The molecular formula is C16H15ClN2S. The van der Waals surface area contributed by atoms with Crippen molar-refractivity contribution in [3.63, 3.8) is 0 Å². The number of anilines is 1. The number of benzene rings is 2. The third kappa shape index (κ3) is 2.51. The highest BCUT2D eigenvalue weighted by atomic mass is 35.5. The Labute approximate surface area is 129 Å². The van der Waals surface area contributed by atoms with Gasteiger partial charge in [-0.2, -0.15) is 0 Å². The van der Waals surface area contributed by atoms with Gasteiger partial charge in [-0.25, -0.2) is 0 Å². The van der Waals surface area contributed by atoms with Crippen molar-refractivity contribution in [2.75, 3.05) is 11.4 Å². The molecule has 0 saturated carbocycles. The number of nitrogens with zero attached hydrogens (tertiary/aromatic N) is 1. The van der Waals surface area contributed by atoms with Gasteiger partial charge in [0.05, 0.1) is 10.7 Å². The van der Waals surface area contributed by atoms with Crippen LogP contribution in [-0.2, 0) is 13.0 Å². The molecule has 0 amide bonds. The van der Waals surface area contributed by atoms with Crippen LogP contribution in [0, 0.1) is 0 Å². The lowest BCUT2D eigenvalue weighted by Gasteiger charge is -2.31. The van der Waals surface area contributed by atoms with Crippen LogP contribution in [0.25, 0.3) is 0 Å². The normalized spacial score (nSPS) is 13.9. The van der Waals surface area contributed by atoms with Crippen molar-refractivity contribution >= 4 is 34.5 Å². The number of halogens is 1. The molecule has 102 valence electrons. The summed E-state index contributed by atoms with van der Waals surface area (Å²) < 4.78 is 0. The van der Waals surface area contributed by atoms with Crippen molar-refractivity contribution in [2.24, 2.45) is 5.73 Å². The highest BCUT2D eigenvalue weighted by Crippen LogP contribution is 2.31. The van der Waals surface area contributed by atoms with Crippen LogP contribution >= 0.6 is 23.8 Å². The first kappa shape index (κ1) is 13.4. The second-order valence-corrected chi connectivity index (χ2v) is 5.82. The average Bonchev–Trinajstić information content (AvgIpc) is 2.46. The Balaban J connectivity index is 1.90. The van der Waals surface area contributed by atoms with E-state index in [4.69, 9.17) is 29.6 Å². The van der Waals surface area contributed by atoms with Crippen LogP contribution in [0.1, 0.15) is 16.7 Å². The summed E-state index contributed by atoms with van der Waals surface area (Å²) in [5.41, 5.74) is 10.3. The number of rotatable bonds is 2. The van der Waals surface area contributed by atoms with Gasteiger partial charge in [-0.15, -0.1) is 0 Å². The largest absolute Gasteiger partial charge is 0.389 e. The van der Waals surface area contributed by atoms with E-state index in [1.54, 1.807) is 0 Å². The number of fused-ring (bicyclic) bond motifs is 1. The van der Waals surface area contributed by atoms with Crippen LogP contribution in [0.15, 0.2) is 42.5 Å². The maximum absolute atomic E-state index is 6.38. The van der Waals surface area contributed by atoms with Crippen molar-refractivity contribution in [3.05, 3.63) is 64.2 Å². The molecule has 0 radical (unpaired) electrons. The van der Waals surface area contributed by atoms with E-state index in [0.29, 0.717) is 10.0 Å². The number of thiocarbonyl (C=S) groups is 1. The smallest absolute Gasteiger partial charge is 0.104 e. The van der Waals surface area contributed by atoms with Gasteiger partial charge in [0.2, 0.25) is 0 Å². The van der Waals surface area contributed by atoms with Crippen LogP contribution < -0.4 is 10.6 Å². The Morgan fingerprint density at radius 1 is 1.15 bits per heavy atom. The Bertz CT molecular complexity index is 669. The number of hydrogen-bond acceptors (Lipinski definition) is 2. The highest BCUT2D eigenvalue weighted by molar-refractivity contribution is 7.80. The summed E-state index contributed by atoms with van der Waals surface area (Å²) >= 11 is 11.4. The van der Waals surface area contributed by atoms with E-state index in [0.717, 1.165) is 30.8 Å². The third-order valence-electron chi connectivity index (χ3n) is 3.70. The topological polar surface area (TPSA) is 29.3 Å². The standard InChI is InChI=1S/C16H15ClN2S/c17-14-9-12(16(18)20)5-6-15(14)19-8-7-11-3-1-2-4-13(11)10-19/h1-6,9H,7-8,10H2,(H2,18,20). The maximum atomic E-state index is 6.38. The zero-order valence-electron chi connectivity index (χ0n) is 11.0. The molecule has 2 aromatic rings. The lowest BCUT2D eigenvalue weighted by atomic mass is 9.99. The summed E-state index contributed by atoms with van der Waals surface area (Å²) in [7, 11) is 0. The molecule has 1 heterocycles. The average molecular weight is 303 g/mol. The molecule has 2 N–H and O–H groups in total. The molecule has 0 aromatic heterocycles. The molecule has 4 heteroatoms. The Morgan fingerprint density at radius 2 is 1.90 bits per heavy atom. The molecule has 20 heavy (non-hydrogen) atoms. The summed E-state index contributed by atoms with van der Waals surface area (Å²) in [6, 6.07) is 14.3. The Hall–Kier alpha value is -1.58. The molecule has 3 rings (SSSR count). The van der Waals surface area contributed by atoms with E-state index in [2.05, 4.69) is 29.2 Å². The van der Waals surface area contributed by atoms with E-state index in [1.807, 2.05) is 18.2 Å². The van der Waals surface area contributed by atoms with E-state index in [1.165, 1.54) is 11.1 Å². The molecule has 0 aliphatic carbocycles. The highest BCUT2D eigenvalue weighted by Gasteiger charge is 2.18. The second kappa shape index (κ2) is 5.43. The quantitative estimate of drug-likeness (QED) is 0.861. The Kier molecular flexibility index (Phi) is 3.64. The Morgan fingerprint density at radius 3 is 2.60 bits per heavy atom. The minimum Gasteiger partial charge on any atom is -0.389 e. The third-order valence-corrected chi connectivity index (χ3v) is 4.24. The molecule has 2 aromatic carbocycles. The van der Waals surface area contributed by atoms with Crippen molar-refractivity contribution in [3.8, 4) is 0 Å². The predicted octanol–water partition coefficient (Wildman–Crippen LogP) is 3.54. The minimum atomic E-state index is 0.377. The molecule has 0 atom stereocenters. The molecule has 1 aliphatic heterocycles. The maximum Gasteiger partial charge on any atom is 0.104 e. The fourth-order valence-corrected chi connectivity index (χ4v) is 3.05. The lowest BCUT2D eigenvalue weighted by molar-refractivity contribution is 0.732. The summed E-state index contributed by atoms with van der Waals surface area (Å²) in [5.74, 6) is 0. The fourth-order valence-electron chi connectivity index (χ4n) is 2.62. The molecule has 0 unspecified atom stereocenters. The lowest BCUT2D eigenvalue weighted by Crippen LogP contribution is -2.30. The van der Waals surface area contributed by atoms with Gasteiger partial charge in [0, 0.05) is 18.7 Å². The van der Waals surface area contributed by atoms with E-state index in [9.17, 15) is 0 Å². The van der Waals surface area contributed by atoms with Gasteiger partial charge in [-0.05, 0) is 35.7 Å². The fraction of sp³-hybridized carbons (Fsp3) is 0.188. The molecule has 1 aliphatic rings. The van der Waals surface area contributed by atoms with Crippen LogP contribution in [0.3, 0.4) is 0 Å². The van der Waals surface area contributed by atoms with Crippen LogP contribution in [0.5, 0.6) is 0 Å². The van der Waals surface area contributed by atoms with Gasteiger partial charge in [0.15, 0.2) is 0 Å². The monoisotopic (exact) mass is 302 g/mol. The predicted molar refractivity (Wildman–Crippen MR) is 88.5 cm³/mol. The number of hydrogen-bond donors (Lipinski definition) is 1. The summed E-state index contributed by atoms with van der Waals surface area (Å²) in [6.07, 6.45) is 1.05. The molecule has 0 fully saturated rings. The summed E-state index contributed by atoms with van der Waals surface area (Å²) in [4.78, 5) is 2.68.